The number of carbonyl (C=O) groups excluding carboxylic acids is 1. The number of hydrogen-bond donors (Lipinski definition) is 1. The number of nitrogens with one attached hydrogen (secondary N) is 1. The van der Waals surface area contributed by atoms with Gasteiger partial charge in [0.25, 0.3) is 0 Å². The Morgan fingerprint density at radius 2 is 1.89 bits per heavy atom. The predicted molar refractivity (Wildman–Crippen MR) is 76.8 cm³/mol. The van der Waals surface area contributed by atoms with Crippen LogP contribution < -0.4 is 5.32 Å². The quantitative estimate of drug-likeness (QED) is 0.863. The highest BCUT2D eigenvalue weighted by Gasteiger charge is 2.26. The Balaban J connectivity index is 2.83. The van der Waals surface area contributed by atoms with Gasteiger partial charge in [0.1, 0.15) is 0 Å². The molecule has 0 fully saturated rings. The summed E-state index contributed by atoms with van der Waals surface area (Å²) < 4.78 is 0. The predicted octanol–water partition coefficient (Wildman–Crippen LogP) is 3.82. The smallest absolute Gasteiger partial charge is 0.217 e. The minimum atomic E-state index is -0.201. The van der Waals surface area contributed by atoms with E-state index in [-0.39, 0.29) is 11.4 Å². The molecule has 1 aromatic rings. The molecule has 0 radical (unpaired) electrons. The first-order valence-corrected chi connectivity index (χ1v) is 6.72. The van der Waals surface area contributed by atoms with Crippen LogP contribution in [0.2, 0.25) is 5.02 Å². The summed E-state index contributed by atoms with van der Waals surface area (Å²) in [5, 5.41) is 3.82. The van der Waals surface area contributed by atoms with E-state index in [2.05, 4.69) is 26.1 Å². The van der Waals surface area contributed by atoms with Gasteiger partial charge < -0.3 is 5.32 Å². The molecule has 0 aliphatic carbocycles. The number of hydrogen-bond acceptors (Lipinski definition) is 1. The number of amides is 1. The van der Waals surface area contributed by atoms with E-state index >= 15 is 0 Å². The molecule has 1 amide bonds. The van der Waals surface area contributed by atoms with Crippen molar-refractivity contribution < 1.29 is 4.79 Å². The van der Waals surface area contributed by atoms with Gasteiger partial charge >= 0.3 is 0 Å². The normalized spacial score (nSPS) is 14.3. The lowest BCUT2D eigenvalue weighted by Crippen LogP contribution is -2.47. The van der Waals surface area contributed by atoms with Crippen molar-refractivity contribution in [3.63, 3.8) is 0 Å². The van der Waals surface area contributed by atoms with Crippen LogP contribution in [0, 0.1) is 5.92 Å². The Labute approximate surface area is 115 Å². The van der Waals surface area contributed by atoms with Crippen LogP contribution in [0.25, 0.3) is 0 Å². The molecular formula is C15H22ClNO. The zero-order valence-corrected chi connectivity index (χ0v) is 12.3. The van der Waals surface area contributed by atoms with Gasteiger partial charge in [-0.3, -0.25) is 4.79 Å². The van der Waals surface area contributed by atoms with Gasteiger partial charge in [-0.2, -0.15) is 0 Å². The highest BCUT2D eigenvalue weighted by atomic mass is 35.5. The van der Waals surface area contributed by atoms with E-state index in [0.29, 0.717) is 5.92 Å². The molecule has 0 bridgehead atoms. The molecule has 3 heteroatoms. The molecule has 0 spiro atoms. The maximum absolute atomic E-state index is 11.4. The first kappa shape index (κ1) is 15.0. The molecule has 1 N–H and O–H groups in total. The monoisotopic (exact) mass is 267 g/mol. The second kappa shape index (κ2) is 6.24. The molecule has 1 aromatic carbocycles. The van der Waals surface area contributed by atoms with Crippen molar-refractivity contribution >= 4 is 17.5 Å². The molecule has 0 saturated heterocycles. The van der Waals surface area contributed by atoms with E-state index in [0.717, 1.165) is 17.9 Å². The van der Waals surface area contributed by atoms with E-state index < -0.39 is 0 Å². The van der Waals surface area contributed by atoms with Gasteiger partial charge in [-0.25, -0.2) is 0 Å². The van der Waals surface area contributed by atoms with E-state index in [9.17, 15) is 4.79 Å². The number of benzene rings is 1. The minimum absolute atomic E-state index is 0.0205. The zero-order valence-electron chi connectivity index (χ0n) is 11.6. The molecular weight excluding hydrogens is 246 g/mol. The van der Waals surface area contributed by atoms with E-state index in [4.69, 9.17) is 11.6 Å². The van der Waals surface area contributed by atoms with E-state index in [1.165, 1.54) is 5.56 Å². The van der Waals surface area contributed by atoms with Gasteiger partial charge in [-0.1, -0.05) is 37.6 Å². The number of rotatable bonds is 5. The Hall–Kier alpha value is -1.02. The van der Waals surface area contributed by atoms with Gasteiger partial charge in [-0.15, -0.1) is 0 Å². The van der Waals surface area contributed by atoms with Crippen LogP contribution in [0.1, 0.15) is 39.7 Å². The molecule has 0 aliphatic rings. The fraction of sp³-hybridized carbons (Fsp3) is 0.533. The van der Waals surface area contributed by atoms with Crippen molar-refractivity contribution in [1.29, 1.82) is 0 Å². The van der Waals surface area contributed by atoms with Crippen molar-refractivity contribution in [3.8, 4) is 0 Å². The van der Waals surface area contributed by atoms with Crippen molar-refractivity contribution in [2.24, 2.45) is 5.92 Å². The standard InChI is InChI=1S/C15H22ClNO/c1-11(2)9-15(4,17-12(3)18)10-13-5-7-14(16)8-6-13/h5-8,11H,9-10H2,1-4H3,(H,17,18). The second-order valence-electron chi connectivity index (χ2n) is 5.64. The molecule has 100 valence electrons. The third kappa shape index (κ3) is 5.09. The lowest BCUT2D eigenvalue weighted by molar-refractivity contribution is -0.120. The maximum Gasteiger partial charge on any atom is 0.217 e. The zero-order chi connectivity index (χ0) is 13.8. The third-order valence-electron chi connectivity index (χ3n) is 2.84. The van der Waals surface area contributed by atoms with Crippen LogP contribution in [-0.2, 0) is 11.2 Å². The summed E-state index contributed by atoms with van der Waals surface area (Å²) >= 11 is 5.88. The Bertz CT molecular complexity index is 399. The van der Waals surface area contributed by atoms with Crippen LogP contribution in [0.3, 0.4) is 0 Å². The molecule has 1 atom stereocenters. The Kier molecular flexibility index (Phi) is 5.21. The third-order valence-corrected chi connectivity index (χ3v) is 3.10. The molecule has 2 nitrogen and oxygen atoms in total. The van der Waals surface area contributed by atoms with E-state index in [1.54, 1.807) is 6.92 Å². The fourth-order valence-corrected chi connectivity index (χ4v) is 2.67. The maximum atomic E-state index is 11.4. The summed E-state index contributed by atoms with van der Waals surface area (Å²) in [6, 6.07) is 7.81. The highest BCUT2D eigenvalue weighted by Crippen LogP contribution is 2.22. The average molecular weight is 268 g/mol. The van der Waals surface area contributed by atoms with Crippen LogP contribution in [0.15, 0.2) is 24.3 Å². The summed E-state index contributed by atoms with van der Waals surface area (Å²) in [4.78, 5) is 11.4. The number of halogens is 1. The molecule has 0 heterocycles. The number of carbonyl (C=O) groups is 1. The summed E-state index contributed by atoms with van der Waals surface area (Å²) in [5.74, 6) is 0.557. The first-order chi connectivity index (χ1) is 8.31. The molecule has 1 rings (SSSR count). The van der Waals surface area contributed by atoms with E-state index in [1.807, 2.05) is 24.3 Å². The van der Waals surface area contributed by atoms with Crippen LogP contribution in [-0.4, -0.2) is 11.4 Å². The van der Waals surface area contributed by atoms with Gasteiger partial charge in [0.05, 0.1) is 0 Å². The van der Waals surface area contributed by atoms with Crippen LogP contribution in [0.5, 0.6) is 0 Å². The average Bonchev–Trinajstić information content (AvgIpc) is 2.18. The summed E-state index contributed by atoms with van der Waals surface area (Å²) in [6.45, 7) is 8.01. The van der Waals surface area contributed by atoms with Gasteiger partial charge in [-0.05, 0) is 43.4 Å². The van der Waals surface area contributed by atoms with Gasteiger partial charge in [0.2, 0.25) is 5.91 Å². The van der Waals surface area contributed by atoms with Crippen molar-refractivity contribution in [1.82, 2.24) is 5.32 Å². The summed E-state index contributed by atoms with van der Waals surface area (Å²) in [6.07, 6.45) is 1.77. The second-order valence-corrected chi connectivity index (χ2v) is 6.08. The fourth-order valence-electron chi connectivity index (χ4n) is 2.55. The first-order valence-electron chi connectivity index (χ1n) is 6.34. The van der Waals surface area contributed by atoms with Crippen molar-refractivity contribution in [3.05, 3.63) is 34.9 Å². The SMILES string of the molecule is CC(=O)NC(C)(Cc1ccc(Cl)cc1)CC(C)C. The largest absolute Gasteiger partial charge is 0.351 e. The van der Waals surface area contributed by atoms with Crippen LogP contribution in [0.4, 0.5) is 0 Å². The molecule has 0 saturated carbocycles. The molecule has 1 unspecified atom stereocenters. The minimum Gasteiger partial charge on any atom is -0.351 e. The lowest BCUT2D eigenvalue weighted by Gasteiger charge is -2.32. The Morgan fingerprint density at radius 1 is 1.33 bits per heavy atom. The van der Waals surface area contributed by atoms with Crippen molar-refractivity contribution in [2.45, 2.75) is 46.1 Å². The van der Waals surface area contributed by atoms with Crippen molar-refractivity contribution in [2.75, 3.05) is 0 Å². The Morgan fingerprint density at radius 3 is 2.33 bits per heavy atom. The summed E-state index contributed by atoms with van der Waals surface area (Å²) in [5.41, 5.74) is 0.990. The molecule has 0 aliphatic heterocycles. The molecule has 18 heavy (non-hydrogen) atoms. The molecule has 0 aromatic heterocycles. The van der Waals surface area contributed by atoms with Gasteiger partial charge in [0.15, 0.2) is 0 Å². The van der Waals surface area contributed by atoms with Crippen LogP contribution >= 0.6 is 11.6 Å². The van der Waals surface area contributed by atoms with Gasteiger partial charge in [0, 0.05) is 17.5 Å². The topological polar surface area (TPSA) is 29.1 Å². The highest BCUT2D eigenvalue weighted by molar-refractivity contribution is 6.30. The lowest BCUT2D eigenvalue weighted by atomic mass is 9.85. The summed E-state index contributed by atoms with van der Waals surface area (Å²) in [7, 11) is 0.